The highest BCUT2D eigenvalue weighted by Gasteiger charge is 2.03. The molecule has 0 saturated heterocycles. The van der Waals surface area contributed by atoms with Crippen molar-refractivity contribution in [3.8, 4) is 0 Å². The Kier molecular flexibility index (Phi) is 4.23. The number of allylic oxidation sites excluding steroid dienone is 1. The second-order valence-corrected chi connectivity index (χ2v) is 3.64. The topological polar surface area (TPSA) is 37.3 Å². The lowest BCUT2D eigenvalue weighted by Gasteiger charge is -2.06. The highest BCUT2D eigenvalue weighted by molar-refractivity contribution is 5.74. The summed E-state index contributed by atoms with van der Waals surface area (Å²) in [5.41, 5.74) is 2.40. The Morgan fingerprint density at radius 1 is 1.50 bits per heavy atom. The summed E-state index contributed by atoms with van der Waals surface area (Å²) in [4.78, 5) is 10.5. The number of aliphatic carboxylic acids is 1. The van der Waals surface area contributed by atoms with Gasteiger partial charge in [0.25, 0.3) is 0 Å². The molecule has 0 aliphatic rings. The molecule has 0 aromatic heterocycles. The molecule has 0 bridgehead atoms. The summed E-state index contributed by atoms with van der Waals surface area (Å²) < 4.78 is 13.1. The summed E-state index contributed by atoms with van der Waals surface area (Å²) in [5, 5.41) is 8.60. The van der Waals surface area contributed by atoms with Crippen molar-refractivity contribution >= 4 is 11.5 Å². The Balaban J connectivity index is 2.99. The van der Waals surface area contributed by atoms with Gasteiger partial charge in [-0.3, -0.25) is 4.79 Å². The summed E-state index contributed by atoms with van der Waals surface area (Å²) in [6, 6.07) is 4.83. The van der Waals surface area contributed by atoms with E-state index in [2.05, 4.69) is 0 Å². The van der Waals surface area contributed by atoms with E-state index in [0.717, 1.165) is 17.6 Å². The van der Waals surface area contributed by atoms with Crippen LogP contribution < -0.4 is 0 Å². The molecular weight excluding hydrogens is 207 g/mol. The van der Waals surface area contributed by atoms with Crippen LogP contribution in [0, 0.1) is 12.7 Å². The van der Waals surface area contributed by atoms with E-state index in [0.29, 0.717) is 5.56 Å². The van der Waals surface area contributed by atoms with Gasteiger partial charge in [0.05, 0.1) is 6.42 Å². The molecule has 0 heterocycles. The predicted octanol–water partition coefficient (Wildman–Crippen LogP) is 3.40. The van der Waals surface area contributed by atoms with Crippen LogP contribution in [0.4, 0.5) is 4.39 Å². The summed E-state index contributed by atoms with van der Waals surface area (Å²) >= 11 is 0. The maximum Gasteiger partial charge on any atom is 0.307 e. The number of hydrogen-bond donors (Lipinski definition) is 1. The Bertz CT molecular complexity index is 422. The number of halogens is 1. The van der Waals surface area contributed by atoms with E-state index < -0.39 is 5.97 Å². The van der Waals surface area contributed by atoms with E-state index >= 15 is 0 Å². The lowest BCUT2D eigenvalue weighted by molar-refractivity contribution is -0.135. The van der Waals surface area contributed by atoms with Crippen LogP contribution in [0.2, 0.25) is 0 Å². The van der Waals surface area contributed by atoms with Crippen LogP contribution in [0.3, 0.4) is 0 Å². The van der Waals surface area contributed by atoms with Crippen LogP contribution in [0.15, 0.2) is 24.3 Å². The van der Waals surface area contributed by atoms with Crippen molar-refractivity contribution in [1.82, 2.24) is 0 Å². The van der Waals surface area contributed by atoms with E-state index in [1.54, 1.807) is 25.1 Å². The van der Waals surface area contributed by atoms with Crippen molar-refractivity contribution < 1.29 is 14.3 Å². The van der Waals surface area contributed by atoms with Gasteiger partial charge < -0.3 is 5.11 Å². The van der Waals surface area contributed by atoms with Crippen molar-refractivity contribution in [2.45, 2.75) is 26.7 Å². The zero-order valence-corrected chi connectivity index (χ0v) is 9.46. The highest BCUT2D eigenvalue weighted by Crippen LogP contribution is 2.21. The molecule has 0 saturated carbocycles. The van der Waals surface area contributed by atoms with Gasteiger partial charge in [0.1, 0.15) is 5.82 Å². The zero-order valence-electron chi connectivity index (χ0n) is 9.46. The number of carbonyl (C=O) groups is 1. The first kappa shape index (κ1) is 12.4. The first-order valence-corrected chi connectivity index (χ1v) is 5.22. The molecule has 2 nitrogen and oxygen atoms in total. The van der Waals surface area contributed by atoms with Gasteiger partial charge in [-0.15, -0.1) is 0 Å². The molecule has 0 aliphatic carbocycles. The fourth-order valence-corrected chi connectivity index (χ4v) is 1.52. The van der Waals surface area contributed by atoms with Gasteiger partial charge in [-0.1, -0.05) is 19.1 Å². The van der Waals surface area contributed by atoms with E-state index in [-0.39, 0.29) is 12.2 Å². The standard InChI is InChI=1S/C13H15FO2/c1-3-10(5-7-13(15)16)11-4-6-12(14)9(2)8-11/h4-6,8H,3,7H2,1-2H3,(H,15,16)/b10-5+. The second-order valence-electron chi connectivity index (χ2n) is 3.64. The molecule has 1 aromatic rings. The lowest BCUT2D eigenvalue weighted by Crippen LogP contribution is -1.93. The Hall–Kier alpha value is -1.64. The molecule has 1 N–H and O–H groups in total. The van der Waals surface area contributed by atoms with Crippen molar-refractivity contribution in [2.24, 2.45) is 0 Å². The average Bonchev–Trinajstić information content (AvgIpc) is 2.23. The predicted molar refractivity (Wildman–Crippen MR) is 61.7 cm³/mol. The Morgan fingerprint density at radius 2 is 2.19 bits per heavy atom. The largest absolute Gasteiger partial charge is 0.481 e. The van der Waals surface area contributed by atoms with Crippen LogP contribution in [0.25, 0.3) is 5.57 Å². The van der Waals surface area contributed by atoms with Crippen LogP contribution in [-0.2, 0) is 4.79 Å². The maximum absolute atomic E-state index is 13.1. The SMILES string of the molecule is CC/C(=C\CC(=O)O)c1ccc(F)c(C)c1. The summed E-state index contributed by atoms with van der Waals surface area (Å²) in [6.45, 7) is 3.65. The third kappa shape index (κ3) is 3.19. The number of carboxylic acids is 1. The molecule has 1 rings (SSSR count). The fraction of sp³-hybridized carbons (Fsp3) is 0.308. The molecule has 0 amide bonds. The second kappa shape index (κ2) is 5.45. The minimum absolute atomic E-state index is 0.000399. The van der Waals surface area contributed by atoms with Crippen LogP contribution in [0.5, 0.6) is 0 Å². The van der Waals surface area contributed by atoms with Crippen LogP contribution in [-0.4, -0.2) is 11.1 Å². The third-order valence-corrected chi connectivity index (χ3v) is 2.43. The van der Waals surface area contributed by atoms with Gasteiger partial charge in [-0.2, -0.15) is 0 Å². The number of carboxylic acid groups (broad SMARTS) is 1. The van der Waals surface area contributed by atoms with E-state index in [1.165, 1.54) is 6.07 Å². The minimum atomic E-state index is -0.857. The lowest BCUT2D eigenvalue weighted by atomic mass is 10.0. The molecule has 0 fully saturated rings. The molecule has 3 heteroatoms. The summed E-state index contributed by atoms with van der Waals surface area (Å²) in [5.74, 6) is -1.10. The van der Waals surface area contributed by atoms with Gasteiger partial charge in [0.2, 0.25) is 0 Å². The van der Waals surface area contributed by atoms with Crippen LogP contribution in [0.1, 0.15) is 30.9 Å². The number of rotatable bonds is 4. The summed E-state index contributed by atoms with van der Waals surface area (Å²) in [7, 11) is 0. The first-order chi connectivity index (χ1) is 7.54. The fourth-order valence-electron chi connectivity index (χ4n) is 1.52. The zero-order chi connectivity index (χ0) is 12.1. The van der Waals surface area contributed by atoms with Gasteiger partial charge in [-0.05, 0) is 42.2 Å². The first-order valence-electron chi connectivity index (χ1n) is 5.22. The number of benzene rings is 1. The van der Waals surface area contributed by atoms with E-state index in [1.807, 2.05) is 6.92 Å². The molecule has 0 unspecified atom stereocenters. The van der Waals surface area contributed by atoms with E-state index in [4.69, 9.17) is 5.11 Å². The highest BCUT2D eigenvalue weighted by atomic mass is 19.1. The molecular formula is C13H15FO2. The number of aryl methyl sites for hydroxylation is 1. The van der Waals surface area contributed by atoms with Crippen molar-refractivity contribution in [1.29, 1.82) is 0 Å². The molecule has 86 valence electrons. The molecule has 0 aliphatic heterocycles. The average molecular weight is 222 g/mol. The van der Waals surface area contributed by atoms with E-state index in [9.17, 15) is 9.18 Å². The molecule has 0 spiro atoms. The van der Waals surface area contributed by atoms with Gasteiger partial charge in [-0.25, -0.2) is 4.39 Å². The smallest absolute Gasteiger partial charge is 0.307 e. The monoisotopic (exact) mass is 222 g/mol. The molecule has 16 heavy (non-hydrogen) atoms. The summed E-state index contributed by atoms with van der Waals surface area (Å²) in [6.07, 6.45) is 2.41. The quantitative estimate of drug-likeness (QED) is 0.847. The van der Waals surface area contributed by atoms with Crippen LogP contribution >= 0.6 is 0 Å². The van der Waals surface area contributed by atoms with Crippen molar-refractivity contribution in [2.75, 3.05) is 0 Å². The number of hydrogen-bond acceptors (Lipinski definition) is 1. The maximum atomic E-state index is 13.1. The van der Waals surface area contributed by atoms with Crippen molar-refractivity contribution in [3.05, 3.63) is 41.2 Å². The Labute approximate surface area is 94.4 Å². The Morgan fingerprint density at radius 3 is 2.69 bits per heavy atom. The normalized spacial score (nSPS) is 11.6. The molecule has 0 radical (unpaired) electrons. The molecule has 0 atom stereocenters. The minimum Gasteiger partial charge on any atom is -0.481 e. The van der Waals surface area contributed by atoms with Gasteiger partial charge in [0, 0.05) is 0 Å². The van der Waals surface area contributed by atoms with Gasteiger partial charge in [0.15, 0.2) is 0 Å². The molecule has 1 aromatic carbocycles. The van der Waals surface area contributed by atoms with Gasteiger partial charge >= 0.3 is 5.97 Å². The van der Waals surface area contributed by atoms with Crippen molar-refractivity contribution in [3.63, 3.8) is 0 Å². The third-order valence-electron chi connectivity index (χ3n) is 2.43.